The van der Waals surface area contributed by atoms with Gasteiger partial charge in [0, 0.05) is 44.5 Å². The molecule has 0 unspecified atom stereocenters. The highest BCUT2D eigenvalue weighted by Crippen LogP contribution is 2.51. The molecule has 13 rings (SSSR count). The van der Waals surface area contributed by atoms with E-state index in [1.54, 1.807) is 0 Å². The average Bonchev–Trinajstić information content (AvgIpc) is 3.37. The first-order valence-corrected chi connectivity index (χ1v) is 16.4. The van der Waals surface area contributed by atoms with Crippen LogP contribution in [0.3, 0.4) is 0 Å². The van der Waals surface area contributed by atoms with Gasteiger partial charge in [-0.3, -0.25) is 9.59 Å². The van der Waals surface area contributed by atoms with E-state index in [4.69, 9.17) is 0 Å². The number of nitrogens with zero attached hydrogens (tertiary/aromatic N) is 1. The van der Waals surface area contributed by atoms with Gasteiger partial charge >= 0.3 is 0 Å². The molecule has 0 N–H and O–H groups in total. The molecule has 6 aliphatic carbocycles. The summed E-state index contributed by atoms with van der Waals surface area (Å²) >= 11 is 0. The molecule has 0 atom stereocenters. The van der Waals surface area contributed by atoms with Gasteiger partial charge in [-0.05, 0) is 126 Å². The Balaban J connectivity index is 1.37. The standard InChI is InChI=1S/C40H31NO2/c42-39-23-9-5-21(6-10-23)27-15-30-31-17-29-25-4-2-1-3-20(25)13-14-26(29)37-34-16-28-22-7-11-24(12-8-22)40(43)33(28)19-36(34)41(38(31)37)35(30)18-32(27)39/h1-4,13-19,21-24H,5-12H2. The van der Waals surface area contributed by atoms with Gasteiger partial charge in [0.2, 0.25) is 0 Å². The minimum Gasteiger partial charge on any atom is -0.308 e. The Morgan fingerprint density at radius 3 is 1.74 bits per heavy atom. The number of hydrogen-bond donors (Lipinski definition) is 0. The molecule has 0 radical (unpaired) electrons. The molecule has 0 spiro atoms. The average molecular weight is 558 g/mol. The number of Topliss-reactive ketones (excluding diaryl/α,β-unsaturated/α-hetero) is 2. The van der Waals surface area contributed by atoms with E-state index in [1.165, 1.54) is 59.7 Å². The van der Waals surface area contributed by atoms with Crippen LogP contribution in [-0.4, -0.2) is 16.0 Å². The Bertz CT molecular complexity index is 2410. The van der Waals surface area contributed by atoms with Crippen LogP contribution in [-0.2, 0) is 0 Å². The third kappa shape index (κ3) is 2.78. The molecule has 5 aromatic carbocycles. The summed E-state index contributed by atoms with van der Waals surface area (Å²) in [6.07, 6.45) is 8.53. The summed E-state index contributed by atoms with van der Waals surface area (Å²) in [4.78, 5) is 27.7. The minimum atomic E-state index is 0.164. The van der Waals surface area contributed by atoms with Crippen LogP contribution in [0.2, 0.25) is 0 Å². The van der Waals surface area contributed by atoms with E-state index in [9.17, 15) is 9.59 Å². The number of aromatic nitrogens is 1. The van der Waals surface area contributed by atoms with Crippen LogP contribution >= 0.6 is 0 Å². The maximum Gasteiger partial charge on any atom is 0.166 e. The number of benzene rings is 5. The third-order valence-corrected chi connectivity index (χ3v) is 12.2. The molecule has 0 saturated heterocycles. The topological polar surface area (TPSA) is 38.5 Å². The lowest BCUT2D eigenvalue weighted by atomic mass is 9.82. The predicted octanol–water partition coefficient (Wildman–Crippen LogP) is 10.1. The van der Waals surface area contributed by atoms with Gasteiger partial charge in [0.25, 0.3) is 0 Å². The van der Waals surface area contributed by atoms with Crippen LogP contribution in [0, 0.1) is 11.8 Å². The van der Waals surface area contributed by atoms with Crippen molar-refractivity contribution in [3.63, 3.8) is 0 Å². The Morgan fingerprint density at radius 1 is 0.488 bits per heavy atom. The zero-order valence-electron chi connectivity index (χ0n) is 24.1. The molecule has 6 aliphatic rings. The fourth-order valence-corrected chi connectivity index (χ4v) is 10.1. The lowest BCUT2D eigenvalue weighted by Gasteiger charge is -2.22. The third-order valence-electron chi connectivity index (χ3n) is 12.2. The zero-order valence-corrected chi connectivity index (χ0v) is 24.1. The zero-order chi connectivity index (χ0) is 28.1. The van der Waals surface area contributed by atoms with Crippen LogP contribution in [0.4, 0.5) is 0 Å². The molecule has 43 heavy (non-hydrogen) atoms. The summed E-state index contributed by atoms with van der Waals surface area (Å²) in [6.45, 7) is 0. The summed E-state index contributed by atoms with van der Waals surface area (Å²) in [7, 11) is 0. The van der Waals surface area contributed by atoms with Crippen molar-refractivity contribution in [1.29, 1.82) is 0 Å². The first-order valence-electron chi connectivity index (χ1n) is 16.4. The quantitative estimate of drug-likeness (QED) is 0.174. The number of ketones is 2. The highest BCUT2D eigenvalue weighted by molar-refractivity contribution is 6.34. The van der Waals surface area contributed by atoms with Crippen molar-refractivity contribution < 1.29 is 9.59 Å². The monoisotopic (exact) mass is 557 g/mol. The van der Waals surface area contributed by atoms with Gasteiger partial charge in [-0.25, -0.2) is 0 Å². The second-order valence-corrected chi connectivity index (χ2v) is 14.1. The molecular formula is C40H31NO2. The minimum absolute atomic E-state index is 0.164. The normalized spacial score (nSPS) is 25.0. The maximum atomic E-state index is 13.9. The number of rotatable bonds is 0. The van der Waals surface area contributed by atoms with E-state index in [-0.39, 0.29) is 11.8 Å². The Kier molecular flexibility index (Phi) is 4.23. The molecule has 3 nitrogen and oxygen atoms in total. The molecule has 0 aliphatic heterocycles. The van der Waals surface area contributed by atoms with Crippen molar-refractivity contribution in [3.05, 3.63) is 89.0 Å². The van der Waals surface area contributed by atoms with Crippen LogP contribution in [0.1, 0.15) is 95.0 Å². The SMILES string of the molecule is O=C1c2cc3c(cc2C2CCC1CC2)c1cc2c4ccccc4ccc2c2c4cc5c(cc4n3c12)C(=O)C1CCC5CC1. The summed E-state index contributed by atoms with van der Waals surface area (Å²) in [5.41, 5.74) is 7.91. The van der Waals surface area contributed by atoms with Gasteiger partial charge in [-0.2, -0.15) is 0 Å². The van der Waals surface area contributed by atoms with E-state index >= 15 is 0 Å². The Labute approximate surface area is 248 Å². The highest BCUT2D eigenvalue weighted by Gasteiger charge is 2.38. The van der Waals surface area contributed by atoms with E-state index in [2.05, 4.69) is 71.1 Å². The van der Waals surface area contributed by atoms with Gasteiger partial charge in [0.05, 0.1) is 16.6 Å². The van der Waals surface area contributed by atoms with Crippen molar-refractivity contribution in [2.24, 2.45) is 11.8 Å². The molecule has 7 aromatic rings. The summed E-state index contributed by atoms with van der Waals surface area (Å²) in [6, 6.07) is 25.0. The molecule has 2 aromatic heterocycles. The number of hydrogen-bond acceptors (Lipinski definition) is 2. The van der Waals surface area contributed by atoms with E-state index in [1.807, 2.05) is 0 Å². The summed E-state index contributed by atoms with van der Waals surface area (Å²) in [5.74, 6) is 1.96. The van der Waals surface area contributed by atoms with Crippen LogP contribution in [0.15, 0.2) is 66.7 Å². The van der Waals surface area contributed by atoms with Gasteiger partial charge in [-0.15, -0.1) is 0 Å². The van der Waals surface area contributed by atoms with Crippen molar-refractivity contribution in [1.82, 2.24) is 4.40 Å². The van der Waals surface area contributed by atoms with E-state index < -0.39 is 0 Å². The second kappa shape index (κ2) is 7.82. The van der Waals surface area contributed by atoms with Crippen LogP contribution < -0.4 is 0 Å². The summed E-state index contributed by atoms with van der Waals surface area (Å²) < 4.78 is 2.42. The van der Waals surface area contributed by atoms with Crippen LogP contribution in [0.25, 0.3) is 59.6 Å². The van der Waals surface area contributed by atoms with E-state index in [0.717, 1.165) is 73.5 Å². The molecule has 2 heterocycles. The molecular weight excluding hydrogens is 526 g/mol. The number of carbonyl (C=O) groups is 2. The Morgan fingerprint density at radius 2 is 1.07 bits per heavy atom. The van der Waals surface area contributed by atoms with Gasteiger partial charge < -0.3 is 4.40 Å². The van der Waals surface area contributed by atoms with Crippen molar-refractivity contribution in [3.8, 4) is 0 Å². The van der Waals surface area contributed by atoms with E-state index in [0.29, 0.717) is 23.4 Å². The Hall–Kier alpha value is -4.24. The molecule has 0 amide bonds. The first kappa shape index (κ1) is 23.2. The van der Waals surface area contributed by atoms with Gasteiger partial charge in [0.1, 0.15) is 0 Å². The molecule has 2 saturated carbocycles. The largest absolute Gasteiger partial charge is 0.308 e. The lowest BCUT2D eigenvalue weighted by molar-refractivity contribution is 0.0891. The maximum absolute atomic E-state index is 13.9. The van der Waals surface area contributed by atoms with Gasteiger partial charge in [0.15, 0.2) is 11.6 Å². The second-order valence-electron chi connectivity index (χ2n) is 14.1. The molecule has 3 heteroatoms. The fourth-order valence-electron chi connectivity index (χ4n) is 10.1. The molecule has 2 fully saturated rings. The van der Waals surface area contributed by atoms with Crippen molar-refractivity contribution in [2.45, 2.75) is 63.2 Å². The van der Waals surface area contributed by atoms with Crippen molar-refractivity contribution >= 4 is 71.2 Å². The smallest absolute Gasteiger partial charge is 0.166 e. The van der Waals surface area contributed by atoms with Crippen molar-refractivity contribution in [2.75, 3.05) is 0 Å². The van der Waals surface area contributed by atoms with Gasteiger partial charge in [-0.1, -0.05) is 36.4 Å². The summed E-state index contributed by atoms with van der Waals surface area (Å²) in [5, 5.41) is 10.1. The van der Waals surface area contributed by atoms with Crippen LogP contribution in [0.5, 0.6) is 0 Å². The highest BCUT2D eigenvalue weighted by atomic mass is 16.1. The molecule has 4 bridgehead atoms. The molecule has 208 valence electrons. The predicted molar refractivity (Wildman–Crippen MR) is 174 cm³/mol. The lowest BCUT2D eigenvalue weighted by Crippen LogP contribution is -2.15. The first-order chi connectivity index (χ1) is 21.1. The fraction of sp³-hybridized carbons (Fsp3) is 0.300. The number of carbonyl (C=O) groups excluding carboxylic acids is 2. The number of fused-ring (bicyclic) bond motifs is 14.